The molecule has 0 spiro atoms. The summed E-state index contributed by atoms with van der Waals surface area (Å²) in [4.78, 5) is 12.5. The topological polar surface area (TPSA) is 43.1 Å². The highest BCUT2D eigenvalue weighted by Crippen LogP contribution is 1.99. The van der Waals surface area contributed by atoms with Crippen LogP contribution in [0.4, 0.5) is 0 Å². The number of hydrogen-bond donors (Lipinski definition) is 0. The molecular weight excluding hydrogens is 212 g/mol. The van der Waals surface area contributed by atoms with Crippen LogP contribution in [0.15, 0.2) is 35.8 Å². The summed E-state index contributed by atoms with van der Waals surface area (Å²) in [5.74, 6) is 0. The predicted octanol–water partition coefficient (Wildman–Crippen LogP) is 0.896. The molecule has 4 nitrogen and oxygen atoms in total. The molecule has 0 aromatic carbocycles. The van der Waals surface area contributed by atoms with Gasteiger partial charge in [0.05, 0.1) is 17.2 Å². The van der Waals surface area contributed by atoms with Crippen LogP contribution in [0, 0.1) is 0 Å². The summed E-state index contributed by atoms with van der Waals surface area (Å²) < 4.78 is 1.91. The van der Waals surface area contributed by atoms with Crippen molar-refractivity contribution in [3.8, 4) is 5.69 Å². The van der Waals surface area contributed by atoms with Gasteiger partial charge in [0.2, 0.25) is 0 Å². The molecule has 2 rings (SSSR count). The quantitative estimate of drug-likeness (QED) is 0.714. The van der Waals surface area contributed by atoms with Gasteiger partial charge in [-0.25, -0.2) is 4.98 Å². The van der Waals surface area contributed by atoms with Crippen LogP contribution in [-0.2, 0) is 0 Å². The molecule has 0 amide bonds. The van der Waals surface area contributed by atoms with Crippen molar-refractivity contribution in [2.24, 2.45) is 4.99 Å². The highest BCUT2D eigenvalue weighted by Gasteiger charge is 1.97. The van der Waals surface area contributed by atoms with Crippen molar-refractivity contribution in [2.45, 2.75) is 13.8 Å². The van der Waals surface area contributed by atoms with Gasteiger partial charge in [0.25, 0.3) is 0 Å². The third kappa shape index (κ3) is 2.47. The Balaban J connectivity index is 2.52. The molecule has 2 aromatic rings. The minimum absolute atomic E-state index is 0.781. The Morgan fingerprint density at radius 2 is 2.06 bits per heavy atom. The van der Waals surface area contributed by atoms with Crippen molar-refractivity contribution in [3.63, 3.8) is 0 Å². The smallest absolute Gasteiger partial charge is 0.106 e. The predicted molar refractivity (Wildman–Crippen MR) is 69.4 cm³/mol. The maximum atomic E-state index is 4.28. The lowest BCUT2D eigenvalue weighted by molar-refractivity contribution is 1.01. The van der Waals surface area contributed by atoms with Gasteiger partial charge in [0.15, 0.2) is 0 Å². The van der Waals surface area contributed by atoms with E-state index in [1.165, 1.54) is 0 Å². The Morgan fingerprint density at radius 3 is 2.71 bits per heavy atom. The second kappa shape index (κ2) is 4.74. The first-order valence-corrected chi connectivity index (χ1v) is 5.32. The number of rotatable bonds is 2. The zero-order chi connectivity index (χ0) is 12.3. The minimum Gasteiger partial charge on any atom is -0.299 e. The Morgan fingerprint density at radius 1 is 1.35 bits per heavy atom. The molecule has 0 aliphatic rings. The van der Waals surface area contributed by atoms with E-state index >= 15 is 0 Å². The first-order chi connectivity index (χ1) is 8.18. The van der Waals surface area contributed by atoms with Gasteiger partial charge < -0.3 is 0 Å². The molecule has 0 fully saturated rings. The summed E-state index contributed by atoms with van der Waals surface area (Å²) in [6, 6.07) is 3.82. The summed E-state index contributed by atoms with van der Waals surface area (Å²) in [5, 5.41) is 1.60. The van der Waals surface area contributed by atoms with Crippen LogP contribution in [0.5, 0.6) is 0 Å². The lowest BCUT2D eigenvalue weighted by atomic mass is 10.4. The summed E-state index contributed by atoms with van der Waals surface area (Å²) >= 11 is 0. The fourth-order valence-electron chi connectivity index (χ4n) is 1.41. The molecule has 0 saturated carbocycles. The molecule has 4 heteroatoms. The number of aromatic nitrogens is 3. The van der Waals surface area contributed by atoms with Crippen LogP contribution in [0.1, 0.15) is 13.8 Å². The summed E-state index contributed by atoms with van der Waals surface area (Å²) in [6.45, 7) is 7.90. The van der Waals surface area contributed by atoms with E-state index in [9.17, 15) is 0 Å². The highest BCUT2D eigenvalue weighted by molar-refractivity contribution is 5.81. The summed E-state index contributed by atoms with van der Waals surface area (Å²) in [6.07, 6.45) is 6.96. The monoisotopic (exact) mass is 226 g/mol. The summed E-state index contributed by atoms with van der Waals surface area (Å²) in [5.41, 5.74) is 1.98. The van der Waals surface area contributed by atoms with E-state index in [-0.39, 0.29) is 0 Å². The molecule has 0 radical (unpaired) electrons. The fourth-order valence-corrected chi connectivity index (χ4v) is 1.41. The molecule has 17 heavy (non-hydrogen) atoms. The van der Waals surface area contributed by atoms with Crippen LogP contribution in [-0.4, -0.2) is 20.2 Å². The average molecular weight is 226 g/mol. The lowest BCUT2D eigenvalue weighted by Crippen LogP contribution is -2.27. The van der Waals surface area contributed by atoms with Crippen molar-refractivity contribution < 1.29 is 0 Å². The lowest BCUT2D eigenvalue weighted by Gasteiger charge is -1.99. The van der Waals surface area contributed by atoms with Crippen LogP contribution in [0.2, 0.25) is 0 Å². The third-order valence-corrected chi connectivity index (χ3v) is 2.28. The third-order valence-electron chi connectivity index (χ3n) is 2.28. The van der Waals surface area contributed by atoms with Gasteiger partial charge in [-0.05, 0) is 26.0 Å². The van der Waals surface area contributed by atoms with Crippen LogP contribution >= 0.6 is 0 Å². The largest absolute Gasteiger partial charge is 0.299 e. The number of hydrogen-bond acceptors (Lipinski definition) is 3. The molecule has 0 aliphatic heterocycles. The first kappa shape index (κ1) is 11.3. The minimum atomic E-state index is 0.781. The van der Waals surface area contributed by atoms with E-state index in [0.29, 0.717) is 0 Å². The van der Waals surface area contributed by atoms with Crippen LogP contribution < -0.4 is 10.7 Å². The van der Waals surface area contributed by atoms with Crippen molar-refractivity contribution in [1.29, 1.82) is 0 Å². The molecule has 0 atom stereocenters. The maximum absolute atomic E-state index is 4.28. The zero-order valence-electron chi connectivity index (χ0n) is 9.96. The average Bonchev–Trinajstić information content (AvgIpc) is 2.69. The normalized spacial score (nSPS) is 11.5. The van der Waals surface area contributed by atoms with E-state index in [4.69, 9.17) is 0 Å². The molecule has 0 bridgehead atoms. The van der Waals surface area contributed by atoms with E-state index in [1.54, 1.807) is 24.9 Å². The maximum Gasteiger partial charge on any atom is 0.106 e. The van der Waals surface area contributed by atoms with Crippen molar-refractivity contribution in [2.75, 3.05) is 0 Å². The Bertz CT molecular complexity index is 634. The molecule has 86 valence electrons. The second-order valence-electron chi connectivity index (χ2n) is 3.86. The van der Waals surface area contributed by atoms with Gasteiger partial charge in [-0.15, -0.1) is 0 Å². The number of nitrogens with zero attached hydrogens (tertiary/aromatic N) is 4. The van der Waals surface area contributed by atoms with Gasteiger partial charge in [0.1, 0.15) is 11.7 Å². The van der Waals surface area contributed by atoms with Gasteiger partial charge in [-0.3, -0.25) is 14.5 Å². The highest BCUT2D eigenvalue weighted by atomic mass is 15.0. The molecule has 0 saturated heterocycles. The number of imidazole rings is 1. The van der Waals surface area contributed by atoms with E-state index in [0.717, 1.165) is 22.1 Å². The van der Waals surface area contributed by atoms with E-state index < -0.39 is 0 Å². The molecule has 0 aliphatic carbocycles. The van der Waals surface area contributed by atoms with Gasteiger partial charge >= 0.3 is 0 Å². The SMILES string of the molecule is C=c1/c(=C\N=C(C)C)ncn1-c1ccncc1. The van der Waals surface area contributed by atoms with Crippen LogP contribution in [0.3, 0.4) is 0 Å². The van der Waals surface area contributed by atoms with Gasteiger partial charge in [0, 0.05) is 18.1 Å². The number of aliphatic imine (C=N–C) groups is 1. The molecule has 0 N–H and O–H groups in total. The fraction of sp³-hybridized carbons (Fsp3) is 0.154. The first-order valence-electron chi connectivity index (χ1n) is 5.32. The van der Waals surface area contributed by atoms with Crippen molar-refractivity contribution in [3.05, 3.63) is 41.6 Å². The molecule has 2 heterocycles. The molecular formula is C13H14N4. The van der Waals surface area contributed by atoms with Crippen molar-refractivity contribution in [1.82, 2.24) is 14.5 Å². The van der Waals surface area contributed by atoms with Gasteiger partial charge in [-0.2, -0.15) is 0 Å². The van der Waals surface area contributed by atoms with Crippen LogP contribution in [0.25, 0.3) is 18.5 Å². The molecule has 0 unspecified atom stereocenters. The van der Waals surface area contributed by atoms with Gasteiger partial charge in [-0.1, -0.05) is 6.58 Å². The molecule has 2 aromatic heterocycles. The van der Waals surface area contributed by atoms with Crippen molar-refractivity contribution >= 4 is 18.5 Å². The summed E-state index contributed by atoms with van der Waals surface area (Å²) in [7, 11) is 0. The van der Waals surface area contributed by atoms with E-state index in [2.05, 4.69) is 21.5 Å². The zero-order valence-corrected chi connectivity index (χ0v) is 9.96. The second-order valence-corrected chi connectivity index (χ2v) is 3.86. The Kier molecular flexibility index (Phi) is 3.14. The standard InChI is InChI=1S/C13H14N4/c1-10(2)15-8-13-11(3)17(9-16-13)12-4-6-14-7-5-12/h4-9H,3H2,1-2H3/b13-8+. The Labute approximate surface area is 99.7 Å². The Hall–Kier alpha value is -2.23. The number of pyridine rings is 1. The van der Waals surface area contributed by atoms with E-state index in [1.807, 2.05) is 30.5 Å².